The van der Waals surface area contributed by atoms with Crippen LogP contribution in [0, 0.1) is 0 Å². The van der Waals surface area contributed by atoms with Crippen LogP contribution in [0.25, 0.3) is 0 Å². The molecule has 1 unspecified atom stereocenters. The molecule has 0 aliphatic carbocycles. The maximum absolute atomic E-state index is 5.90. The van der Waals surface area contributed by atoms with E-state index in [1.165, 1.54) is 0 Å². The molecule has 0 rings (SSSR count). The highest BCUT2D eigenvalue weighted by molar-refractivity contribution is 5.41. The summed E-state index contributed by atoms with van der Waals surface area (Å²) in [5.74, 6) is 0. The molecular formula is C8H17N3. The van der Waals surface area contributed by atoms with Crippen LogP contribution in [0.4, 0.5) is 0 Å². The summed E-state index contributed by atoms with van der Waals surface area (Å²) in [6.07, 6.45) is 2.77. The lowest BCUT2D eigenvalue weighted by Gasteiger charge is -2.20. The van der Waals surface area contributed by atoms with Crippen molar-refractivity contribution in [3.05, 3.63) is 0 Å². The summed E-state index contributed by atoms with van der Waals surface area (Å²) in [4.78, 5) is 7.70. The summed E-state index contributed by atoms with van der Waals surface area (Å²) in [5.41, 5.74) is 5.47. The fourth-order valence-corrected chi connectivity index (χ4v) is 0.894. The van der Waals surface area contributed by atoms with Crippen molar-refractivity contribution in [3.63, 3.8) is 0 Å². The second-order valence-electron chi connectivity index (χ2n) is 2.64. The highest BCUT2D eigenvalue weighted by Crippen LogP contribution is 2.14. The lowest BCUT2D eigenvalue weighted by molar-refractivity contribution is 0.396. The molecule has 64 valence electrons. The van der Waals surface area contributed by atoms with Gasteiger partial charge in [-0.3, -0.25) is 0 Å². The Bertz CT molecular complexity index is 159. The molecule has 0 aromatic heterocycles. The molecule has 0 aromatic rings. The first-order valence-electron chi connectivity index (χ1n) is 4.03. The molecule has 1 atom stereocenters. The topological polar surface area (TPSA) is 50.7 Å². The Labute approximate surface area is 68.4 Å². The lowest BCUT2D eigenvalue weighted by Crippen LogP contribution is -2.36. The van der Waals surface area contributed by atoms with Crippen molar-refractivity contribution in [2.75, 3.05) is 7.05 Å². The summed E-state index contributed by atoms with van der Waals surface area (Å²) >= 11 is 0. The van der Waals surface area contributed by atoms with Crippen molar-refractivity contribution in [2.24, 2.45) is 15.7 Å². The molecule has 0 heterocycles. The fraction of sp³-hybridized carbons (Fsp3) is 0.875. The van der Waals surface area contributed by atoms with Gasteiger partial charge >= 0.3 is 0 Å². The van der Waals surface area contributed by atoms with Crippen molar-refractivity contribution >= 4 is 6.01 Å². The first-order valence-corrected chi connectivity index (χ1v) is 4.03. The van der Waals surface area contributed by atoms with Crippen LogP contribution in [0.5, 0.6) is 0 Å². The quantitative estimate of drug-likeness (QED) is 0.617. The van der Waals surface area contributed by atoms with E-state index in [1.807, 2.05) is 6.92 Å². The Morgan fingerprint density at radius 1 is 1.45 bits per heavy atom. The van der Waals surface area contributed by atoms with Crippen LogP contribution >= 0.6 is 0 Å². The average molecular weight is 155 g/mol. The fourth-order valence-electron chi connectivity index (χ4n) is 0.894. The van der Waals surface area contributed by atoms with E-state index in [1.54, 1.807) is 7.05 Å². The molecule has 0 aromatic carbocycles. The summed E-state index contributed by atoms with van der Waals surface area (Å²) in [6.45, 7) is 4.12. The van der Waals surface area contributed by atoms with E-state index in [4.69, 9.17) is 5.73 Å². The van der Waals surface area contributed by atoms with Gasteiger partial charge in [0, 0.05) is 7.05 Å². The maximum atomic E-state index is 5.90. The van der Waals surface area contributed by atoms with Crippen LogP contribution < -0.4 is 5.73 Å². The first-order chi connectivity index (χ1) is 5.18. The lowest BCUT2D eigenvalue weighted by atomic mass is 10.0. The van der Waals surface area contributed by atoms with E-state index < -0.39 is 5.66 Å². The van der Waals surface area contributed by atoms with Gasteiger partial charge in [-0.2, -0.15) is 0 Å². The van der Waals surface area contributed by atoms with Gasteiger partial charge in [-0.15, -0.1) is 0 Å². The second-order valence-corrected chi connectivity index (χ2v) is 2.64. The van der Waals surface area contributed by atoms with E-state index >= 15 is 0 Å². The number of hydrogen-bond donors (Lipinski definition) is 1. The zero-order valence-corrected chi connectivity index (χ0v) is 7.59. The monoisotopic (exact) mass is 155 g/mol. The molecule has 0 aliphatic rings. The standard InChI is InChI=1S/C8H17N3/c1-4-6-8(9,5-2)11-7-10-3/h4-6,9H2,1-3H3. The second kappa shape index (κ2) is 5.05. The van der Waals surface area contributed by atoms with Gasteiger partial charge in [0.15, 0.2) is 0 Å². The number of aliphatic imine (C=N–C) groups is 2. The van der Waals surface area contributed by atoms with Gasteiger partial charge in [-0.1, -0.05) is 20.3 Å². The summed E-state index contributed by atoms with van der Waals surface area (Å²) in [7, 11) is 1.64. The first kappa shape index (κ1) is 10.3. The molecule has 0 aliphatic heterocycles. The van der Waals surface area contributed by atoms with Gasteiger partial charge in [0.2, 0.25) is 0 Å². The molecule has 0 saturated carbocycles. The van der Waals surface area contributed by atoms with Crippen molar-refractivity contribution in [1.29, 1.82) is 0 Å². The van der Waals surface area contributed by atoms with Crippen LogP contribution in [-0.4, -0.2) is 18.7 Å². The van der Waals surface area contributed by atoms with Gasteiger partial charge in [-0.25, -0.2) is 9.98 Å². The highest BCUT2D eigenvalue weighted by Gasteiger charge is 2.18. The van der Waals surface area contributed by atoms with Gasteiger partial charge in [0.05, 0.1) is 6.01 Å². The Hall–Kier alpha value is -0.660. The predicted molar refractivity (Wildman–Crippen MR) is 47.9 cm³/mol. The maximum Gasteiger partial charge on any atom is 0.118 e. The predicted octanol–water partition coefficient (Wildman–Crippen LogP) is 1.66. The normalized spacial score (nSPS) is 14.9. The van der Waals surface area contributed by atoms with E-state index in [9.17, 15) is 0 Å². The minimum atomic E-state index is -0.436. The molecule has 0 fully saturated rings. The molecule has 3 nitrogen and oxygen atoms in total. The van der Waals surface area contributed by atoms with Crippen LogP contribution in [0.2, 0.25) is 0 Å². The summed E-state index contributed by atoms with van der Waals surface area (Å²) in [5, 5.41) is 0. The Kier molecular flexibility index (Phi) is 4.75. The Morgan fingerprint density at radius 2 is 2.09 bits per heavy atom. The van der Waals surface area contributed by atoms with Gasteiger partial charge < -0.3 is 5.73 Å². The molecule has 2 N–H and O–H groups in total. The SMILES string of the molecule is CCCC(N)(CC)N=C=NC. The molecular weight excluding hydrogens is 138 g/mol. The molecule has 0 saturated heterocycles. The Morgan fingerprint density at radius 3 is 2.45 bits per heavy atom. The molecule has 11 heavy (non-hydrogen) atoms. The van der Waals surface area contributed by atoms with Gasteiger partial charge in [0.1, 0.15) is 5.66 Å². The van der Waals surface area contributed by atoms with Gasteiger partial charge in [-0.05, 0) is 12.8 Å². The van der Waals surface area contributed by atoms with E-state index in [-0.39, 0.29) is 0 Å². The van der Waals surface area contributed by atoms with Crippen molar-refractivity contribution in [2.45, 2.75) is 38.8 Å². The van der Waals surface area contributed by atoms with Crippen LogP contribution in [0.15, 0.2) is 9.98 Å². The van der Waals surface area contributed by atoms with Crippen LogP contribution in [0.1, 0.15) is 33.1 Å². The van der Waals surface area contributed by atoms with Crippen molar-refractivity contribution in [3.8, 4) is 0 Å². The minimum Gasteiger partial charge on any atom is -0.306 e. The number of rotatable bonds is 4. The third-order valence-corrected chi connectivity index (χ3v) is 1.67. The summed E-state index contributed by atoms with van der Waals surface area (Å²) < 4.78 is 0. The third-order valence-electron chi connectivity index (χ3n) is 1.67. The number of hydrogen-bond acceptors (Lipinski definition) is 3. The van der Waals surface area contributed by atoms with E-state index in [0.717, 1.165) is 19.3 Å². The Balaban J connectivity index is 4.20. The molecule has 0 amide bonds. The molecule has 0 bridgehead atoms. The zero-order valence-electron chi connectivity index (χ0n) is 7.59. The van der Waals surface area contributed by atoms with Crippen LogP contribution in [0.3, 0.4) is 0 Å². The smallest absolute Gasteiger partial charge is 0.118 e. The van der Waals surface area contributed by atoms with E-state index in [0.29, 0.717) is 0 Å². The highest BCUT2D eigenvalue weighted by atomic mass is 15.0. The van der Waals surface area contributed by atoms with E-state index in [2.05, 4.69) is 22.9 Å². The zero-order chi connectivity index (χ0) is 8.74. The van der Waals surface area contributed by atoms with Crippen LogP contribution in [-0.2, 0) is 0 Å². The molecule has 3 heteroatoms. The average Bonchev–Trinajstić information content (AvgIpc) is 2.02. The third kappa shape index (κ3) is 3.91. The largest absolute Gasteiger partial charge is 0.306 e. The summed E-state index contributed by atoms with van der Waals surface area (Å²) in [6, 6.07) is 2.55. The van der Waals surface area contributed by atoms with Gasteiger partial charge in [0.25, 0.3) is 0 Å². The van der Waals surface area contributed by atoms with Crippen molar-refractivity contribution < 1.29 is 0 Å². The molecule has 0 radical (unpaired) electrons. The number of nitrogens with two attached hydrogens (primary N) is 1. The minimum absolute atomic E-state index is 0.436. The molecule has 0 spiro atoms. The van der Waals surface area contributed by atoms with Crippen molar-refractivity contribution in [1.82, 2.24) is 0 Å². The number of nitrogens with zero attached hydrogens (tertiary/aromatic N) is 2.